The van der Waals surface area contributed by atoms with Gasteiger partial charge in [0.2, 0.25) is 0 Å². The van der Waals surface area contributed by atoms with Crippen molar-refractivity contribution in [3.8, 4) is 16.9 Å². The van der Waals surface area contributed by atoms with Gasteiger partial charge in [-0.2, -0.15) is 0 Å². The molecule has 0 unspecified atom stereocenters. The maximum Gasteiger partial charge on any atom is 0.264 e. The summed E-state index contributed by atoms with van der Waals surface area (Å²) < 4.78 is 5.77. The van der Waals surface area contributed by atoms with E-state index in [-0.39, 0.29) is 0 Å². The first-order valence-corrected chi connectivity index (χ1v) is 6.42. The standard InChI is InChI=1S/C16H15ClO2/c1-16(2,15(17)18)19-14-11-7-6-10-13(14)12-8-4-3-5-9-12/h3-11H,1-2H3. The molecule has 0 aliphatic carbocycles. The zero-order valence-electron chi connectivity index (χ0n) is 10.9. The van der Waals surface area contributed by atoms with Gasteiger partial charge < -0.3 is 4.74 Å². The quantitative estimate of drug-likeness (QED) is 0.778. The van der Waals surface area contributed by atoms with Crippen LogP contribution in [0.4, 0.5) is 0 Å². The Morgan fingerprint density at radius 1 is 1.00 bits per heavy atom. The van der Waals surface area contributed by atoms with Crippen molar-refractivity contribution < 1.29 is 9.53 Å². The highest BCUT2D eigenvalue weighted by Gasteiger charge is 2.28. The fourth-order valence-corrected chi connectivity index (χ4v) is 1.77. The Labute approximate surface area is 118 Å². The van der Waals surface area contributed by atoms with Gasteiger partial charge in [0.1, 0.15) is 5.75 Å². The first kappa shape index (κ1) is 13.6. The average Bonchev–Trinajstić information content (AvgIpc) is 2.40. The molecule has 2 aromatic carbocycles. The van der Waals surface area contributed by atoms with E-state index >= 15 is 0 Å². The maximum absolute atomic E-state index is 11.4. The van der Waals surface area contributed by atoms with Crippen LogP contribution in [0.2, 0.25) is 0 Å². The molecular formula is C16H15ClO2. The molecule has 98 valence electrons. The molecule has 2 aromatic rings. The van der Waals surface area contributed by atoms with Crippen molar-refractivity contribution in [2.24, 2.45) is 0 Å². The Kier molecular flexibility index (Phi) is 3.91. The van der Waals surface area contributed by atoms with E-state index in [0.29, 0.717) is 5.75 Å². The summed E-state index contributed by atoms with van der Waals surface area (Å²) in [6, 6.07) is 17.5. The van der Waals surface area contributed by atoms with Crippen molar-refractivity contribution in [2.75, 3.05) is 0 Å². The van der Waals surface area contributed by atoms with Crippen LogP contribution in [0.3, 0.4) is 0 Å². The van der Waals surface area contributed by atoms with Crippen molar-refractivity contribution in [1.82, 2.24) is 0 Å². The Bertz CT molecular complexity index is 576. The number of rotatable bonds is 4. The first-order valence-electron chi connectivity index (χ1n) is 6.04. The highest BCUT2D eigenvalue weighted by Crippen LogP contribution is 2.32. The van der Waals surface area contributed by atoms with Crippen LogP contribution in [0.25, 0.3) is 11.1 Å². The fraction of sp³-hybridized carbons (Fsp3) is 0.188. The molecule has 0 amide bonds. The first-order chi connectivity index (χ1) is 9.00. The molecule has 2 nitrogen and oxygen atoms in total. The molecule has 0 aliphatic heterocycles. The average molecular weight is 275 g/mol. The normalized spacial score (nSPS) is 11.1. The fourth-order valence-electron chi connectivity index (χ4n) is 1.73. The summed E-state index contributed by atoms with van der Waals surface area (Å²) in [6.45, 7) is 3.31. The van der Waals surface area contributed by atoms with E-state index in [1.807, 2.05) is 54.6 Å². The summed E-state index contributed by atoms with van der Waals surface area (Å²) in [5.74, 6) is 0.646. The third-order valence-electron chi connectivity index (χ3n) is 2.81. The molecule has 0 saturated heterocycles. The predicted octanol–water partition coefficient (Wildman–Crippen LogP) is 4.28. The summed E-state index contributed by atoms with van der Waals surface area (Å²) in [6.07, 6.45) is 0. The molecule has 0 N–H and O–H groups in total. The molecule has 0 aromatic heterocycles. The van der Waals surface area contributed by atoms with E-state index in [4.69, 9.17) is 16.3 Å². The van der Waals surface area contributed by atoms with Gasteiger partial charge in [-0.25, -0.2) is 0 Å². The lowest BCUT2D eigenvalue weighted by Gasteiger charge is -2.23. The largest absolute Gasteiger partial charge is 0.478 e. The van der Waals surface area contributed by atoms with Crippen LogP contribution in [0.5, 0.6) is 5.75 Å². The summed E-state index contributed by atoms with van der Waals surface area (Å²) in [7, 11) is 0. The number of para-hydroxylation sites is 1. The van der Waals surface area contributed by atoms with Crippen molar-refractivity contribution in [3.05, 3.63) is 54.6 Å². The number of ether oxygens (including phenoxy) is 1. The van der Waals surface area contributed by atoms with Crippen molar-refractivity contribution >= 4 is 16.8 Å². The molecule has 0 atom stereocenters. The van der Waals surface area contributed by atoms with Gasteiger partial charge in [0.15, 0.2) is 5.60 Å². The van der Waals surface area contributed by atoms with Crippen LogP contribution in [0.1, 0.15) is 13.8 Å². The molecule has 19 heavy (non-hydrogen) atoms. The number of hydrogen-bond acceptors (Lipinski definition) is 2. The number of benzene rings is 2. The lowest BCUT2D eigenvalue weighted by molar-refractivity contribution is -0.123. The van der Waals surface area contributed by atoms with E-state index in [2.05, 4.69) is 0 Å². The minimum Gasteiger partial charge on any atom is -0.478 e. The molecule has 0 fully saturated rings. The van der Waals surface area contributed by atoms with Gasteiger partial charge in [0.25, 0.3) is 5.24 Å². The van der Waals surface area contributed by atoms with Crippen LogP contribution in [0, 0.1) is 0 Å². The SMILES string of the molecule is CC(C)(Oc1ccccc1-c1ccccc1)C(=O)Cl. The number of carbonyl (C=O) groups excluding carboxylic acids is 1. The van der Waals surface area contributed by atoms with E-state index in [0.717, 1.165) is 11.1 Å². The van der Waals surface area contributed by atoms with E-state index in [1.165, 1.54) is 0 Å². The number of carbonyl (C=O) groups is 1. The molecule has 0 heterocycles. The van der Waals surface area contributed by atoms with E-state index < -0.39 is 10.8 Å². The second-order valence-corrected chi connectivity index (χ2v) is 5.09. The summed E-state index contributed by atoms with van der Waals surface area (Å²) in [4.78, 5) is 11.4. The molecular weight excluding hydrogens is 260 g/mol. The smallest absolute Gasteiger partial charge is 0.264 e. The third-order valence-corrected chi connectivity index (χ3v) is 3.27. The maximum atomic E-state index is 11.4. The lowest BCUT2D eigenvalue weighted by atomic mass is 10.0. The van der Waals surface area contributed by atoms with Gasteiger partial charge in [0.05, 0.1) is 0 Å². The Hall–Kier alpha value is -1.80. The van der Waals surface area contributed by atoms with Crippen LogP contribution in [-0.2, 0) is 4.79 Å². The Balaban J connectivity index is 2.40. The van der Waals surface area contributed by atoms with Crippen LogP contribution in [-0.4, -0.2) is 10.8 Å². The third kappa shape index (κ3) is 3.15. The second-order valence-electron chi connectivity index (χ2n) is 4.75. The van der Waals surface area contributed by atoms with Crippen LogP contribution in [0.15, 0.2) is 54.6 Å². The summed E-state index contributed by atoms with van der Waals surface area (Å²) in [5, 5.41) is -0.518. The summed E-state index contributed by atoms with van der Waals surface area (Å²) >= 11 is 5.55. The molecule has 0 radical (unpaired) electrons. The number of hydrogen-bond donors (Lipinski definition) is 0. The topological polar surface area (TPSA) is 26.3 Å². The lowest BCUT2D eigenvalue weighted by Crippen LogP contribution is -2.35. The van der Waals surface area contributed by atoms with Gasteiger partial charge in [-0.05, 0) is 37.1 Å². The van der Waals surface area contributed by atoms with Crippen molar-refractivity contribution in [1.29, 1.82) is 0 Å². The van der Waals surface area contributed by atoms with Crippen molar-refractivity contribution in [3.63, 3.8) is 0 Å². The van der Waals surface area contributed by atoms with Gasteiger partial charge in [-0.1, -0.05) is 48.5 Å². The van der Waals surface area contributed by atoms with Gasteiger partial charge in [-0.3, -0.25) is 4.79 Å². The predicted molar refractivity (Wildman–Crippen MR) is 77.4 cm³/mol. The van der Waals surface area contributed by atoms with Crippen molar-refractivity contribution in [2.45, 2.75) is 19.4 Å². The van der Waals surface area contributed by atoms with Crippen LogP contribution < -0.4 is 4.74 Å². The zero-order valence-corrected chi connectivity index (χ0v) is 11.6. The molecule has 2 rings (SSSR count). The number of halogens is 1. The van der Waals surface area contributed by atoms with E-state index in [9.17, 15) is 4.79 Å². The van der Waals surface area contributed by atoms with Gasteiger partial charge in [0, 0.05) is 5.56 Å². The molecule has 0 bridgehead atoms. The highest BCUT2D eigenvalue weighted by molar-refractivity contribution is 6.65. The van der Waals surface area contributed by atoms with Crippen LogP contribution >= 0.6 is 11.6 Å². The van der Waals surface area contributed by atoms with Gasteiger partial charge in [-0.15, -0.1) is 0 Å². The molecule has 0 saturated carbocycles. The Morgan fingerprint density at radius 3 is 2.21 bits per heavy atom. The minimum absolute atomic E-state index is 0.518. The Morgan fingerprint density at radius 2 is 1.58 bits per heavy atom. The minimum atomic E-state index is -1.05. The van der Waals surface area contributed by atoms with Gasteiger partial charge >= 0.3 is 0 Å². The molecule has 3 heteroatoms. The highest BCUT2D eigenvalue weighted by atomic mass is 35.5. The molecule has 0 aliphatic rings. The monoisotopic (exact) mass is 274 g/mol. The second kappa shape index (κ2) is 5.45. The summed E-state index contributed by atoms with van der Waals surface area (Å²) in [5.41, 5.74) is 0.928. The molecule has 0 spiro atoms. The van der Waals surface area contributed by atoms with E-state index in [1.54, 1.807) is 13.8 Å². The zero-order chi connectivity index (χ0) is 13.9.